The standard InChI is InChI=1S/C11H13BrO3/c1-7-8(2)10(4-3-9(7)12)15-6-5-11(13)14/h3-4H,5-6H2,1-2H3,(H,13,14). The largest absolute Gasteiger partial charge is 0.493 e. The van der Waals surface area contributed by atoms with Gasteiger partial charge in [-0.25, -0.2) is 0 Å². The molecule has 1 N–H and O–H groups in total. The zero-order valence-electron chi connectivity index (χ0n) is 8.71. The average molecular weight is 273 g/mol. The number of carboxylic acid groups (broad SMARTS) is 1. The predicted octanol–water partition coefficient (Wildman–Crippen LogP) is 2.92. The molecule has 0 aliphatic heterocycles. The summed E-state index contributed by atoms with van der Waals surface area (Å²) in [6.45, 7) is 4.15. The number of halogens is 1. The number of aliphatic carboxylic acids is 1. The van der Waals surface area contributed by atoms with Crippen molar-refractivity contribution in [1.82, 2.24) is 0 Å². The number of hydrogen-bond donors (Lipinski definition) is 1. The zero-order valence-corrected chi connectivity index (χ0v) is 10.3. The maximum absolute atomic E-state index is 10.3. The highest BCUT2D eigenvalue weighted by atomic mass is 79.9. The molecule has 0 spiro atoms. The Morgan fingerprint density at radius 3 is 2.67 bits per heavy atom. The van der Waals surface area contributed by atoms with E-state index in [1.165, 1.54) is 0 Å². The summed E-state index contributed by atoms with van der Waals surface area (Å²) >= 11 is 3.42. The summed E-state index contributed by atoms with van der Waals surface area (Å²) in [6.07, 6.45) is 0.0224. The van der Waals surface area contributed by atoms with Gasteiger partial charge in [-0.3, -0.25) is 4.79 Å². The van der Waals surface area contributed by atoms with Crippen LogP contribution < -0.4 is 4.74 Å². The van der Waals surface area contributed by atoms with E-state index in [0.29, 0.717) is 0 Å². The highest BCUT2D eigenvalue weighted by molar-refractivity contribution is 9.10. The van der Waals surface area contributed by atoms with Crippen molar-refractivity contribution < 1.29 is 14.6 Å². The van der Waals surface area contributed by atoms with Crippen LogP contribution in [-0.2, 0) is 4.79 Å². The first-order valence-electron chi connectivity index (χ1n) is 4.62. The SMILES string of the molecule is Cc1c(Br)ccc(OCCC(=O)O)c1C. The van der Waals surface area contributed by atoms with E-state index >= 15 is 0 Å². The summed E-state index contributed by atoms with van der Waals surface area (Å²) in [7, 11) is 0. The van der Waals surface area contributed by atoms with E-state index in [2.05, 4.69) is 15.9 Å². The monoisotopic (exact) mass is 272 g/mol. The van der Waals surface area contributed by atoms with E-state index in [1.807, 2.05) is 26.0 Å². The predicted molar refractivity (Wildman–Crippen MR) is 61.4 cm³/mol. The van der Waals surface area contributed by atoms with Gasteiger partial charge in [0.15, 0.2) is 0 Å². The normalized spacial score (nSPS) is 10.1. The van der Waals surface area contributed by atoms with Crippen LogP contribution in [-0.4, -0.2) is 17.7 Å². The van der Waals surface area contributed by atoms with E-state index in [9.17, 15) is 4.79 Å². The second-order valence-corrected chi connectivity index (χ2v) is 4.14. The molecule has 0 bridgehead atoms. The Morgan fingerprint density at radius 2 is 2.07 bits per heavy atom. The number of carbonyl (C=O) groups is 1. The lowest BCUT2D eigenvalue weighted by Gasteiger charge is -2.11. The highest BCUT2D eigenvalue weighted by Gasteiger charge is 2.06. The van der Waals surface area contributed by atoms with Crippen LogP contribution in [0, 0.1) is 13.8 Å². The third-order valence-corrected chi connectivity index (χ3v) is 3.10. The molecule has 0 heterocycles. The summed E-state index contributed by atoms with van der Waals surface area (Å²) < 4.78 is 6.41. The number of ether oxygens (including phenoxy) is 1. The van der Waals surface area contributed by atoms with Crippen molar-refractivity contribution in [1.29, 1.82) is 0 Å². The van der Waals surface area contributed by atoms with Crippen LogP contribution in [0.15, 0.2) is 16.6 Å². The Bertz CT molecular complexity index is 374. The van der Waals surface area contributed by atoms with Gasteiger partial charge in [0.2, 0.25) is 0 Å². The second kappa shape index (κ2) is 5.16. The quantitative estimate of drug-likeness (QED) is 0.917. The van der Waals surface area contributed by atoms with Crippen LogP contribution in [0.25, 0.3) is 0 Å². The summed E-state index contributed by atoms with van der Waals surface area (Å²) in [5.41, 5.74) is 2.15. The maximum Gasteiger partial charge on any atom is 0.306 e. The van der Waals surface area contributed by atoms with Crippen molar-refractivity contribution in [2.45, 2.75) is 20.3 Å². The number of carboxylic acids is 1. The maximum atomic E-state index is 10.3. The fraction of sp³-hybridized carbons (Fsp3) is 0.364. The van der Waals surface area contributed by atoms with Gasteiger partial charge < -0.3 is 9.84 Å². The molecule has 4 heteroatoms. The third kappa shape index (κ3) is 3.23. The van der Waals surface area contributed by atoms with Gasteiger partial charge in [-0.15, -0.1) is 0 Å². The van der Waals surface area contributed by atoms with Gasteiger partial charge in [-0.2, -0.15) is 0 Å². The average Bonchev–Trinajstić information content (AvgIpc) is 2.18. The Labute approximate surface area is 97.2 Å². The third-order valence-electron chi connectivity index (χ3n) is 2.24. The summed E-state index contributed by atoms with van der Waals surface area (Å²) in [5.74, 6) is -0.0987. The Hall–Kier alpha value is -1.03. The molecule has 3 nitrogen and oxygen atoms in total. The first-order valence-corrected chi connectivity index (χ1v) is 5.42. The fourth-order valence-corrected chi connectivity index (χ4v) is 1.60. The van der Waals surface area contributed by atoms with Gasteiger partial charge in [0.1, 0.15) is 5.75 Å². The van der Waals surface area contributed by atoms with Crippen molar-refractivity contribution in [3.05, 3.63) is 27.7 Å². The minimum atomic E-state index is -0.846. The lowest BCUT2D eigenvalue weighted by atomic mass is 10.1. The molecule has 15 heavy (non-hydrogen) atoms. The van der Waals surface area contributed by atoms with Crippen LogP contribution in [0.1, 0.15) is 17.5 Å². The molecular formula is C11H13BrO3. The Morgan fingerprint density at radius 1 is 1.40 bits per heavy atom. The molecule has 0 amide bonds. The first-order chi connectivity index (χ1) is 7.02. The van der Waals surface area contributed by atoms with Crippen molar-refractivity contribution in [3.8, 4) is 5.75 Å². The topological polar surface area (TPSA) is 46.5 Å². The lowest BCUT2D eigenvalue weighted by molar-refractivity contribution is -0.137. The smallest absolute Gasteiger partial charge is 0.306 e. The van der Waals surface area contributed by atoms with Gasteiger partial charge in [0.05, 0.1) is 13.0 Å². The summed E-state index contributed by atoms with van der Waals surface area (Å²) in [5, 5.41) is 8.47. The van der Waals surface area contributed by atoms with Crippen LogP contribution in [0.3, 0.4) is 0 Å². The molecule has 0 aromatic heterocycles. The number of rotatable bonds is 4. The molecule has 1 aromatic carbocycles. The summed E-state index contributed by atoms with van der Waals surface area (Å²) in [6, 6.07) is 3.74. The molecule has 0 aliphatic rings. The first kappa shape index (κ1) is 12.0. The van der Waals surface area contributed by atoms with Gasteiger partial charge in [-0.1, -0.05) is 15.9 Å². The van der Waals surface area contributed by atoms with E-state index in [0.717, 1.165) is 21.3 Å². The van der Waals surface area contributed by atoms with Gasteiger partial charge in [0.25, 0.3) is 0 Å². The molecule has 82 valence electrons. The molecular weight excluding hydrogens is 260 g/mol. The van der Waals surface area contributed by atoms with Crippen LogP contribution in [0.5, 0.6) is 5.75 Å². The van der Waals surface area contributed by atoms with Gasteiger partial charge >= 0.3 is 5.97 Å². The molecule has 0 radical (unpaired) electrons. The molecule has 0 unspecified atom stereocenters. The molecule has 0 aliphatic carbocycles. The lowest BCUT2D eigenvalue weighted by Crippen LogP contribution is -2.05. The molecule has 0 fully saturated rings. The second-order valence-electron chi connectivity index (χ2n) is 3.29. The van der Waals surface area contributed by atoms with Crippen LogP contribution in [0.4, 0.5) is 0 Å². The molecule has 1 rings (SSSR count). The van der Waals surface area contributed by atoms with Crippen LogP contribution >= 0.6 is 15.9 Å². The minimum absolute atomic E-state index is 0.0224. The molecule has 0 saturated carbocycles. The van der Waals surface area contributed by atoms with Crippen LogP contribution in [0.2, 0.25) is 0 Å². The molecule has 0 atom stereocenters. The van der Waals surface area contributed by atoms with Gasteiger partial charge in [0, 0.05) is 4.47 Å². The number of hydrogen-bond acceptors (Lipinski definition) is 2. The Kier molecular flexibility index (Phi) is 4.15. The van der Waals surface area contributed by atoms with E-state index in [-0.39, 0.29) is 13.0 Å². The van der Waals surface area contributed by atoms with E-state index < -0.39 is 5.97 Å². The number of benzene rings is 1. The molecule has 0 saturated heterocycles. The van der Waals surface area contributed by atoms with Crippen molar-refractivity contribution in [2.75, 3.05) is 6.61 Å². The van der Waals surface area contributed by atoms with E-state index in [1.54, 1.807) is 0 Å². The minimum Gasteiger partial charge on any atom is -0.493 e. The summed E-state index contributed by atoms with van der Waals surface area (Å²) in [4.78, 5) is 10.3. The van der Waals surface area contributed by atoms with Crippen molar-refractivity contribution in [3.63, 3.8) is 0 Å². The fourth-order valence-electron chi connectivity index (χ4n) is 1.17. The highest BCUT2D eigenvalue weighted by Crippen LogP contribution is 2.27. The van der Waals surface area contributed by atoms with E-state index in [4.69, 9.17) is 9.84 Å². The Balaban J connectivity index is 2.70. The van der Waals surface area contributed by atoms with Gasteiger partial charge in [-0.05, 0) is 37.1 Å². The van der Waals surface area contributed by atoms with Crippen molar-refractivity contribution >= 4 is 21.9 Å². The zero-order chi connectivity index (χ0) is 11.4. The van der Waals surface area contributed by atoms with Crippen molar-refractivity contribution in [2.24, 2.45) is 0 Å². The molecule has 1 aromatic rings.